The Morgan fingerprint density at radius 2 is 0.857 bits per heavy atom. The van der Waals surface area contributed by atoms with Gasteiger partial charge in [0.25, 0.3) is 0 Å². The Bertz CT molecular complexity index is 3460. The number of aliphatic imine (C=N–C) groups is 2. The molecule has 20 atom stereocenters. The Morgan fingerprint density at radius 1 is 0.479 bits per heavy atom. The number of amidine groups is 2. The third-order valence-electron chi connectivity index (χ3n) is 21.2. The van der Waals surface area contributed by atoms with Gasteiger partial charge in [-0.05, 0) is 154 Å². The number of hydrogen-bond donors (Lipinski definition) is 13. The van der Waals surface area contributed by atoms with E-state index in [1.165, 1.54) is 9.80 Å². The molecule has 0 aromatic heterocycles. The van der Waals surface area contributed by atoms with Crippen molar-refractivity contribution in [1.29, 1.82) is 0 Å². The molecule has 0 radical (unpaired) electrons. The van der Waals surface area contributed by atoms with E-state index in [4.69, 9.17) is 58.8 Å². The number of ether oxygens (including phenoxy) is 10. The van der Waals surface area contributed by atoms with Gasteiger partial charge in [-0.15, -0.1) is 0 Å². The summed E-state index contributed by atoms with van der Waals surface area (Å²) >= 11 is 0. The number of urea groups is 3. The number of amides is 6. The van der Waals surface area contributed by atoms with Gasteiger partial charge in [-0.1, -0.05) is 74.4 Å². The molecule has 15 N–H and O–H groups in total. The number of aliphatic hydroxyl groups excluding tert-OH is 5. The molecule has 5 unspecified atom stereocenters. The maximum Gasteiger partial charge on any atom is 0.325 e. The van der Waals surface area contributed by atoms with E-state index in [0.29, 0.717) is 78.3 Å². The predicted molar refractivity (Wildman–Crippen MR) is 460 cm³/mol. The Balaban J connectivity index is 0.000000231. The van der Waals surface area contributed by atoms with Crippen molar-refractivity contribution in [2.75, 3.05) is 40.5 Å². The van der Waals surface area contributed by atoms with Crippen LogP contribution in [0.1, 0.15) is 178 Å². The number of hydrogen-bond acceptors (Lipinski definition) is 26. The molecule has 674 valence electrons. The first kappa shape index (κ1) is 101. The van der Waals surface area contributed by atoms with Crippen LogP contribution in [0.2, 0.25) is 0 Å². The second kappa shape index (κ2) is 46.0. The lowest BCUT2D eigenvalue weighted by Gasteiger charge is -2.32. The molecule has 10 rings (SSSR count). The number of nitrogens with zero attached hydrogens (tertiary/aromatic N) is 6. The summed E-state index contributed by atoms with van der Waals surface area (Å²) in [6, 6.07) is -0.869. The van der Waals surface area contributed by atoms with Crippen molar-refractivity contribution >= 4 is 29.8 Å². The Labute approximate surface area is 708 Å². The maximum atomic E-state index is 11.7. The van der Waals surface area contributed by atoms with Crippen molar-refractivity contribution in [3.63, 3.8) is 0 Å². The normalized spacial score (nSPS) is 31.1. The first-order chi connectivity index (χ1) is 55.6. The molecule has 0 aromatic carbocycles. The van der Waals surface area contributed by atoms with Gasteiger partial charge in [-0.25, -0.2) is 24.4 Å². The molecule has 8 aliphatic heterocycles. The topological polar surface area (TPSA) is 407 Å². The zero-order valence-corrected chi connectivity index (χ0v) is 75.3. The van der Waals surface area contributed by atoms with Crippen LogP contribution < -0.4 is 43.4 Å². The summed E-state index contributed by atoms with van der Waals surface area (Å²) in [5.74, 6) is 2.30. The van der Waals surface area contributed by atoms with Crippen LogP contribution in [0.3, 0.4) is 0 Å². The minimum atomic E-state index is -0.778. The fourth-order valence-electron chi connectivity index (χ4n) is 15.4. The number of carbonyl (C=O) groups excluding carboxylic acids is 3. The minimum absolute atomic E-state index is 0.0176. The second-order valence-electron chi connectivity index (χ2n) is 35.2. The van der Waals surface area contributed by atoms with Crippen molar-refractivity contribution in [3.05, 3.63) is 120 Å². The summed E-state index contributed by atoms with van der Waals surface area (Å²) in [6.45, 7) is 65.3. The van der Waals surface area contributed by atoms with E-state index in [9.17, 15) is 39.9 Å². The van der Waals surface area contributed by atoms with E-state index < -0.39 is 49.1 Å². The molecule has 8 heterocycles. The smallest absolute Gasteiger partial charge is 0.325 e. The highest BCUT2D eigenvalue weighted by Crippen LogP contribution is 2.44. The van der Waals surface area contributed by atoms with Gasteiger partial charge in [0, 0.05) is 115 Å². The van der Waals surface area contributed by atoms with Gasteiger partial charge < -0.3 is 136 Å². The summed E-state index contributed by atoms with van der Waals surface area (Å²) in [7, 11) is 3.33. The highest BCUT2D eigenvalue weighted by atomic mass is 16.6. The Hall–Kier alpha value is -6.93. The van der Waals surface area contributed by atoms with Gasteiger partial charge in [0.15, 0.2) is 12.5 Å². The molecule has 0 spiro atoms. The molecule has 10 aliphatic rings. The first-order valence-corrected chi connectivity index (χ1v) is 42.3. The van der Waals surface area contributed by atoms with Crippen molar-refractivity contribution < 1.29 is 87.3 Å². The number of rotatable bonds is 30. The largest absolute Gasteiger partial charge is 0.390 e. The molecular formula is C87H148N14O18. The molecule has 32 heteroatoms. The number of allylic oxidation sites excluding steroid dienone is 2. The summed E-state index contributed by atoms with van der Waals surface area (Å²) in [5.41, 5.74) is 17.2. The van der Waals surface area contributed by atoms with Crippen LogP contribution in [0.5, 0.6) is 0 Å². The van der Waals surface area contributed by atoms with Crippen molar-refractivity contribution in [1.82, 2.24) is 51.5 Å². The van der Waals surface area contributed by atoms with Crippen LogP contribution in [0.15, 0.2) is 130 Å². The highest BCUT2D eigenvalue weighted by molar-refractivity contribution is 5.98. The lowest BCUT2D eigenvalue weighted by Crippen LogP contribution is -2.50. The lowest BCUT2D eigenvalue weighted by atomic mass is 9.92. The van der Waals surface area contributed by atoms with Crippen LogP contribution in [0.25, 0.3) is 0 Å². The Kier molecular flexibility index (Phi) is 39.0. The quantitative estimate of drug-likeness (QED) is 0.0321. The predicted octanol–water partition coefficient (Wildman–Crippen LogP) is 8.39. The van der Waals surface area contributed by atoms with E-state index in [0.717, 1.165) is 48.0 Å². The molecule has 0 aromatic rings. The molecule has 32 nitrogen and oxygen atoms in total. The fourth-order valence-corrected chi connectivity index (χ4v) is 15.4. The molecule has 2 aliphatic carbocycles. The Morgan fingerprint density at radius 3 is 1.28 bits per heavy atom. The van der Waals surface area contributed by atoms with Gasteiger partial charge >= 0.3 is 18.1 Å². The monoisotopic (exact) mass is 1680 g/mol. The van der Waals surface area contributed by atoms with Crippen molar-refractivity contribution in [2.24, 2.45) is 51.0 Å². The maximum absolute atomic E-state index is 11.7. The standard InChI is InChI=1S/C18H31N3O3.C18H30N2O4.C17H30N4O3.C17H29N3O4.C17H28N2O4/c1-10(2)7-8-14-16(23-11(3)4)15(22)18(24-14)21-9-12(5)17(19)20-13(21)6;1-10(2)23-9-13-7-14(16(21)17(13)24-11(3)4)15-8-20(6)18(22)19-12(15)5;1-9(2)19-14-13(8-23-10(3)4)24-17(15(14)22)21-7-11(5)16(18)20-12(21)6;1-9(2)18-14-13(8-23-10(3)4)24-16(15(14)21)12-7-20(6)17(22)19-11(12)5;1-9(2)22-8-12-6-13(15(20)16(12)23-10(3)4)14-7-18-17(21)19-11(14)5/h9-11,14-16,18,22H,6-8H2,1-5H3,(H2,19,20);8,10-11,13-14,16-17,21H,5,7,9H2,1-4,6H3,(H,19,22);7,9-10,13-15,17,19,22H,6,8H2,1-5H3,(H2,18,20);7,9-10,13-16,18,21H,5,8H2,1-4,6H3,(H,19,22);7,9-10,12-13,15-16,20H,5-6,8H2,1-4H3,(H2,18,19,21)/t14-,15+,16?,18-;13-,14+,16-,17?;13-,14?,15+,17-;13-,14?,15+,16+;12-,13+,15-,16?/m11111/s1. The summed E-state index contributed by atoms with van der Waals surface area (Å²) in [6.07, 6.45) is 5.58. The average molecular weight is 1680 g/mol. The SMILES string of the molecule is C=C1N=C(N)C(C)=CN1[C@@H]1O[C@H](CCC(C)C)C(OC(C)C)[C@@H]1O.C=C1N=C(N)C(C)=CN1[C@@H]1O[C@H](COC(C)C)C(NC(C)C)[C@@H]1O.C=C1NC(=O)N(C)C=C1[C@@H]1C[C@H](COC(C)C)C(OC(C)C)[C@@H]1O.C=C1NC(=O)N(C)C=C1[C@@H]1O[C@H](COC(C)C)C(NC(C)C)[C@@H]1O.C=C1NC(=O)NC=C1[C@@H]1C[C@H](COC(C)C)C(OC(C)C)[C@@H]1O. The third kappa shape index (κ3) is 28.6. The number of carbonyl (C=O) groups is 3. The molecular weight excluding hydrogens is 1530 g/mol. The molecule has 119 heavy (non-hydrogen) atoms. The summed E-state index contributed by atoms with van der Waals surface area (Å²) in [5, 5.41) is 71.5. The van der Waals surface area contributed by atoms with Crippen LogP contribution in [0.4, 0.5) is 14.4 Å². The molecule has 2 saturated carbocycles. The van der Waals surface area contributed by atoms with Crippen LogP contribution in [0, 0.1) is 29.6 Å². The molecule has 0 bridgehead atoms. The minimum Gasteiger partial charge on any atom is -0.390 e. The zero-order chi connectivity index (χ0) is 89.2. The van der Waals surface area contributed by atoms with E-state index in [2.05, 4.69) is 88.6 Å². The van der Waals surface area contributed by atoms with E-state index in [1.54, 1.807) is 42.5 Å². The second-order valence-corrected chi connectivity index (χ2v) is 35.2. The summed E-state index contributed by atoms with van der Waals surface area (Å²) in [4.78, 5) is 49.6. The van der Waals surface area contributed by atoms with E-state index >= 15 is 0 Å². The molecule has 3 saturated heterocycles. The van der Waals surface area contributed by atoms with Crippen molar-refractivity contribution in [3.8, 4) is 0 Å². The van der Waals surface area contributed by atoms with Gasteiger partial charge in [-0.3, -0.25) is 0 Å². The van der Waals surface area contributed by atoms with Gasteiger partial charge in [0.05, 0.1) is 118 Å². The molecule has 6 amide bonds. The van der Waals surface area contributed by atoms with Gasteiger partial charge in [-0.2, -0.15) is 0 Å². The lowest BCUT2D eigenvalue weighted by molar-refractivity contribution is -0.0895. The first-order valence-electron chi connectivity index (χ1n) is 42.3. The molecule has 5 fully saturated rings. The van der Waals surface area contributed by atoms with Gasteiger partial charge in [0.1, 0.15) is 59.9 Å². The number of nitrogens with one attached hydrogen (secondary N) is 6. The highest BCUT2D eigenvalue weighted by Gasteiger charge is 2.52. The third-order valence-corrected chi connectivity index (χ3v) is 21.2. The average Bonchev–Trinajstić information content (AvgIpc) is 1.66. The fraction of sp³-hybridized carbons (Fsp3) is 0.713. The number of aliphatic hydroxyl groups is 5. The zero-order valence-electron chi connectivity index (χ0n) is 75.3. The van der Waals surface area contributed by atoms with Crippen molar-refractivity contribution in [2.45, 2.75) is 331 Å². The number of nitrogens with two attached hydrogens (primary N) is 2. The van der Waals surface area contributed by atoms with Gasteiger partial charge in [0.2, 0.25) is 0 Å². The van der Waals surface area contributed by atoms with E-state index in [1.807, 2.05) is 151 Å². The van der Waals surface area contributed by atoms with E-state index in [-0.39, 0.29) is 145 Å². The van der Waals surface area contributed by atoms with Crippen LogP contribution in [-0.2, 0) is 47.4 Å². The van der Waals surface area contributed by atoms with Crippen LogP contribution in [-0.4, -0.2) is 268 Å². The van der Waals surface area contributed by atoms with Crippen LogP contribution >= 0.6 is 0 Å². The summed E-state index contributed by atoms with van der Waals surface area (Å²) < 4.78 is 59.2.